The summed E-state index contributed by atoms with van der Waals surface area (Å²) in [5.74, 6) is 0.582. The number of sulfonamides is 1. The quantitative estimate of drug-likeness (QED) is 0.683. The van der Waals surface area contributed by atoms with Crippen molar-refractivity contribution in [3.63, 3.8) is 0 Å². The number of methoxy groups -OCH3 is 1. The number of nitrogens with one attached hydrogen (secondary N) is 1. The second kappa shape index (κ2) is 9.92. The van der Waals surface area contributed by atoms with E-state index >= 15 is 0 Å². The van der Waals surface area contributed by atoms with Crippen molar-refractivity contribution in [2.45, 2.75) is 32.1 Å². The van der Waals surface area contributed by atoms with Gasteiger partial charge >= 0.3 is 0 Å². The van der Waals surface area contributed by atoms with Gasteiger partial charge in [0.2, 0.25) is 0 Å². The normalized spacial score (nSPS) is 15.4. The zero-order valence-electron chi connectivity index (χ0n) is 19.3. The number of ether oxygens (including phenoxy) is 1. The van der Waals surface area contributed by atoms with Gasteiger partial charge in [0.25, 0.3) is 15.9 Å². The van der Waals surface area contributed by atoms with Crippen molar-refractivity contribution in [2.75, 3.05) is 44.6 Å². The molecule has 8 heteroatoms. The number of nitrogens with zero attached hydrogens (tertiary/aromatic N) is 2. The third-order valence-electron chi connectivity index (χ3n) is 5.59. The van der Waals surface area contributed by atoms with E-state index in [0.29, 0.717) is 35.5 Å². The van der Waals surface area contributed by atoms with Crippen molar-refractivity contribution in [1.29, 1.82) is 0 Å². The second-order valence-electron chi connectivity index (χ2n) is 9.30. The van der Waals surface area contributed by atoms with Gasteiger partial charge in [-0.15, -0.1) is 0 Å². The van der Waals surface area contributed by atoms with E-state index in [1.165, 1.54) is 12.1 Å². The van der Waals surface area contributed by atoms with Crippen LogP contribution in [0.4, 0.5) is 5.69 Å². The molecule has 174 valence electrons. The molecule has 0 aromatic heterocycles. The number of hydrogen-bond acceptors (Lipinski definition) is 5. The summed E-state index contributed by atoms with van der Waals surface area (Å²) >= 11 is 0. The van der Waals surface area contributed by atoms with Crippen molar-refractivity contribution in [1.82, 2.24) is 9.80 Å². The fraction of sp³-hybridized carbons (Fsp3) is 0.458. The Morgan fingerprint density at radius 2 is 1.56 bits per heavy atom. The minimum atomic E-state index is -3.75. The molecule has 1 saturated heterocycles. The Morgan fingerprint density at radius 3 is 2.09 bits per heavy atom. The average molecular weight is 460 g/mol. The summed E-state index contributed by atoms with van der Waals surface area (Å²) in [5, 5.41) is 0. The summed E-state index contributed by atoms with van der Waals surface area (Å²) in [6.07, 6.45) is 1.13. The second-order valence-corrected chi connectivity index (χ2v) is 11.0. The molecule has 1 amide bonds. The first kappa shape index (κ1) is 24.1. The molecule has 0 atom stereocenters. The minimum Gasteiger partial charge on any atom is -0.497 e. The lowest BCUT2D eigenvalue weighted by atomic mass is 9.92. The molecule has 0 aliphatic carbocycles. The Morgan fingerprint density at radius 1 is 0.969 bits per heavy atom. The van der Waals surface area contributed by atoms with Crippen LogP contribution in [-0.2, 0) is 10.0 Å². The van der Waals surface area contributed by atoms with Crippen molar-refractivity contribution in [2.24, 2.45) is 5.41 Å². The first-order chi connectivity index (χ1) is 15.1. The van der Waals surface area contributed by atoms with E-state index in [0.717, 1.165) is 26.1 Å². The van der Waals surface area contributed by atoms with Gasteiger partial charge in [-0.2, -0.15) is 0 Å². The average Bonchev–Trinajstić information content (AvgIpc) is 2.77. The van der Waals surface area contributed by atoms with Gasteiger partial charge in [-0.05, 0) is 66.9 Å². The number of hydrogen-bond donors (Lipinski definition) is 1. The fourth-order valence-electron chi connectivity index (χ4n) is 3.50. The molecule has 0 spiro atoms. The van der Waals surface area contributed by atoms with Gasteiger partial charge in [-0.3, -0.25) is 14.4 Å². The van der Waals surface area contributed by atoms with Crippen LogP contribution in [0.5, 0.6) is 5.75 Å². The van der Waals surface area contributed by atoms with Crippen molar-refractivity contribution in [3.8, 4) is 5.75 Å². The highest BCUT2D eigenvalue weighted by Crippen LogP contribution is 2.21. The topological polar surface area (TPSA) is 78.9 Å². The van der Waals surface area contributed by atoms with Crippen LogP contribution in [0.15, 0.2) is 53.4 Å². The number of rotatable bonds is 7. The van der Waals surface area contributed by atoms with Crippen LogP contribution in [-0.4, -0.2) is 64.0 Å². The van der Waals surface area contributed by atoms with Gasteiger partial charge in [0.15, 0.2) is 0 Å². The van der Waals surface area contributed by atoms with Crippen LogP contribution >= 0.6 is 0 Å². The monoisotopic (exact) mass is 459 g/mol. The molecule has 0 saturated carbocycles. The molecule has 2 aromatic rings. The lowest BCUT2D eigenvalue weighted by molar-refractivity contribution is 0.0623. The predicted molar refractivity (Wildman–Crippen MR) is 127 cm³/mol. The van der Waals surface area contributed by atoms with Crippen LogP contribution in [0, 0.1) is 5.41 Å². The van der Waals surface area contributed by atoms with Crippen LogP contribution < -0.4 is 9.46 Å². The van der Waals surface area contributed by atoms with Gasteiger partial charge in [-0.25, -0.2) is 8.42 Å². The van der Waals surface area contributed by atoms with Crippen molar-refractivity contribution < 1.29 is 17.9 Å². The zero-order chi connectivity index (χ0) is 23.4. The molecule has 2 aromatic carbocycles. The highest BCUT2D eigenvalue weighted by atomic mass is 32.2. The molecule has 0 radical (unpaired) electrons. The number of piperazine rings is 1. The number of amides is 1. The van der Waals surface area contributed by atoms with Gasteiger partial charge in [-0.1, -0.05) is 20.8 Å². The lowest BCUT2D eigenvalue weighted by Gasteiger charge is -2.36. The van der Waals surface area contributed by atoms with Gasteiger partial charge in [0.05, 0.1) is 12.0 Å². The summed E-state index contributed by atoms with van der Waals surface area (Å²) in [7, 11) is -2.20. The summed E-state index contributed by atoms with van der Waals surface area (Å²) in [4.78, 5) is 17.2. The summed E-state index contributed by atoms with van der Waals surface area (Å²) < 4.78 is 33.0. The summed E-state index contributed by atoms with van der Waals surface area (Å²) in [6.45, 7) is 10.8. The first-order valence-corrected chi connectivity index (χ1v) is 12.3. The van der Waals surface area contributed by atoms with Gasteiger partial charge in [0, 0.05) is 37.4 Å². The van der Waals surface area contributed by atoms with E-state index in [1.54, 1.807) is 43.5 Å². The highest BCUT2D eigenvalue weighted by Gasteiger charge is 2.24. The third kappa shape index (κ3) is 6.46. The Kier molecular flexibility index (Phi) is 7.46. The van der Waals surface area contributed by atoms with E-state index in [4.69, 9.17) is 4.74 Å². The Labute approximate surface area is 191 Å². The zero-order valence-corrected chi connectivity index (χ0v) is 20.1. The highest BCUT2D eigenvalue weighted by molar-refractivity contribution is 7.92. The van der Waals surface area contributed by atoms with Crippen LogP contribution in [0.3, 0.4) is 0 Å². The molecule has 1 N–H and O–H groups in total. The van der Waals surface area contributed by atoms with Crippen LogP contribution in [0.1, 0.15) is 37.6 Å². The van der Waals surface area contributed by atoms with Crippen molar-refractivity contribution >= 4 is 21.6 Å². The Balaban J connectivity index is 1.58. The van der Waals surface area contributed by atoms with Crippen LogP contribution in [0.2, 0.25) is 0 Å². The molecular weight excluding hydrogens is 426 g/mol. The lowest BCUT2D eigenvalue weighted by Crippen LogP contribution is -2.49. The summed E-state index contributed by atoms with van der Waals surface area (Å²) in [6, 6.07) is 12.7. The molecule has 0 unspecified atom stereocenters. The maximum absolute atomic E-state index is 12.9. The third-order valence-corrected chi connectivity index (χ3v) is 6.99. The molecule has 1 aliphatic rings. The SMILES string of the molecule is COc1ccc(NS(=O)(=O)c2ccc(C(=O)N3CCN(CCC(C)(C)C)CC3)cc2)cc1. The number of carbonyl (C=O) groups excluding carboxylic acids is 1. The molecule has 1 fully saturated rings. The molecule has 32 heavy (non-hydrogen) atoms. The number of carbonyl (C=O) groups is 1. The standard InChI is InChI=1S/C24H33N3O4S/c1-24(2,3)13-14-26-15-17-27(18-16-26)23(28)19-5-11-22(12-6-19)32(29,30)25-20-7-9-21(31-4)10-8-20/h5-12,25H,13-18H2,1-4H3. The number of benzene rings is 2. The van der Waals surface area contributed by atoms with Crippen molar-refractivity contribution in [3.05, 3.63) is 54.1 Å². The Bertz CT molecular complexity index is 1000. The maximum atomic E-state index is 12.9. The van der Waals surface area contributed by atoms with E-state index in [1.807, 2.05) is 4.90 Å². The molecule has 7 nitrogen and oxygen atoms in total. The van der Waals surface area contributed by atoms with E-state index in [-0.39, 0.29) is 10.8 Å². The first-order valence-electron chi connectivity index (χ1n) is 10.9. The number of anilines is 1. The smallest absolute Gasteiger partial charge is 0.261 e. The molecule has 1 heterocycles. The van der Waals surface area contributed by atoms with Gasteiger partial charge in [0.1, 0.15) is 5.75 Å². The van der Waals surface area contributed by atoms with E-state index in [2.05, 4.69) is 30.4 Å². The fourth-order valence-corrected chi connectivity index (χ4v) is 4.56. The molecule has 1 aliphatic heterocycles. The van der Waals surface area contributed by atoms with E-state index in [9.17, 15) is 13.2 Å². The molecular formula is C24H33N3O4S. The largest absolute Gasteiger partial charge is 0.497 e. The molecule has 3 rings (SSSR count). The van der Waals surface area contributed by atoms with E-state index < -0.39 is 10.0 Å². The predicted octanol–water partition coefficient (Wildman–Crippen LogP) is 3.69. The Hall–Kier alpha value is -2.58. The summed E-state index contributed by atoms with van der Waals surface area (Å²) in [5.41, 5.74) is 1.24. The maximum Gasteiger partial charge on any atom is 0.261 e. The molecule has 0 bridgehead atoms. The minimum absolute atomic E-state index is 0.0625. The van der Waals surface area contributed by atoms with Crippen LogP contribution in [0.25, 0.3) is 0 Å². The van der Waals surface area contributed by atoms with Gasteiger partial charge < -0.3 is 9.64 Å².